The summed E-state index contributed by atoms with van der Waals surface area (Å²) in [6.07, 6.45) is -2.26. The molecule has 33 heavy (non-hydrogen) atoms. The minimum absolute atomic E-state index is 0.131. The van der Waals surface area contributed by atoms with Gasteiger partial charge in [0.15, 0.2) is 12.2 Å². The van der Waals surface area contributed by atoms with Crippen LogP contribution in [0.1, 0.15) is 24.0 Å². The van der Waals surface area contributed by atoms with E-state index in [4.69, 9.17) is 5.73 Å². The molecule has 2 aliphatic heterocycles. The Morgan fingerprint density at radius 3 is 2.27 bits per heavy atom. The number of para-hydroxylation sites is 1. The van der Waals surface area contributed by atoms with Gasteiger partial charge in [-0.1, -0.05) is 30.3 Å². The van der Waals surface area contributed by atoms with Crippen molar-refractivity contribution in [3.05, 3.63) is 59.4 Å². The zero-order valence-corrected chi connectivity index (χ0v) is 18.3. The molecule has 4 rings (SSSR count). The number of carbonyl (C=O) groups excluding carboxylic acids is 2. The summed E-state index contributed by atoms with van der Waals surface area (Å²) in [7, 11) is 0. The number of benzene rings is 2. The number of amides is 2. The van der Waals surface area contributed by atoms with Crippen molar-refractivity contribution in [2.24, 2.45) is 5.92 Å². The largest absolute Gasteiger partial charge is 0.397 e. The number of rotatable bonds is 6. The van der Waals surface area contributed by atoms with Gasteiger partial charge in [0.25, 0.3) is 11.8 Å². The lowest BCUT2D eigenvalue weighted by Crippen LogP contribution is -2.50. The maximum absolute atomic E-state index is 14.1. The second-order valence-electron chi connectivity index (χ2n) is 8.71. The molecule has 0 aromatic heterocycles. The summed E-state index contributed by atoms with van der Waals surface area (Å²) in [5, 5.41) is 23.2. The monoisotopic (exact) mass is 456 g/mol. The Bertz CT molecular complexity index is 980. The zero-order valence-electron chi connectivity index (χ0n) is 18.3. The number of nitrogens with one attached hydrogen (secondary N) is 1. The third-order valence-corrected chi connectivity index (χ3v) is 6.49. The molecule has 176 valence electrons. The van der Waals surface area contributed by atoms with E-state index in [2.05, 4.69) is 5.32 Å². The van der Waals surface area contributed by atoms with Gasteiger partial charge in [-0.25, -0.2) is 4.39 Å². The average molecular weight is 457 g/mol. The molecular formula is C24H29FN4O4. The van der Waals surface area contributed by atoms with Crippen LogP contribution in [0.15, 0.2) is 42.5 Å². The Labute approximate surface area is 191 Å². The maximum atomic E-state index is 14.1. The molecule has 1 fully saturated rings. The first-order chi connectivity index (χ1) is 15.8. The fourth-order valence-electron chi connectivity index (χ4n) is 4.53. The van der Waals surface area contributed by atoms with Crippen LogP contribution < -0.4 is 16.0 Å². The molecule has 2 atom stereocenters. The van der Waals surface area contributed by atoms with Crippen molar-refractivity contribution < 1.29 is 24.2 Å². The minimum atomic E-state index is -1.85. The quantitative estimate of drug-likeness (QED) is 0.482. The number of nitrogens with two attached hydrogens (primary N) is 1. The fraction of sp³-hybridized carbons (Fsp3) is 0.417. The van der Waals surface area contributed by atoms with Crippen molar-refractivity contribution in [2.45, 2.75) is 38.1 Å². The minimum Gasteiger partial charge on any atom is -0.397 e. The summed E-state index contributed by atoms with van der Waals surface area (Å²) in [6, 6.07) is 12.2. The molecule has 5 N–H and O–H groups in total. The summed E-state index contributed by atoms with van der Waals surface area (Å²) in [6.45, 7) is 2.15. The van der Waals surface area contributed by atoms with Crippen LogP contribution in [-0.4, -0.2) is 58.8 Å². The molecule has 0 aliphatic carbocycles. The Morgan fingerprint density at radius 1 is 1.03 bits per heavy atom. The Morgan fingerprint density at radius 2 is 1.67 bits per heavy atom. The standard InChI is InChI=1S/C24H29FN4O4/c25-18-6-3-7-19(26)20(18)28-10-8-15(9-11-28)12-27-23(32)21(30)22(31)24(33)29-13-16-4-1-2-5-17(16)14-29/h1-7,15,21-22,30-31H,8-14,26H2,(H,27,32)/t21-,22-/m1/s1. The van der Waals surface area contributed by atoms with Gasteiger partial charge in [0.2, 0.25) is 0 Å². The van der Waals surface area contributed by atoms with Crippen molar-refractivity contribution in [3.8, 4) is 0 Å². The molecule has 9 heteroatoms. The van der Waals surface area contributed by atoms with E-state index in [-0.39, 0.29) is 11.7 Å². The van der Waals surface area contributed by atoms with Crippen LogP contribution in [0.4, 0.5) is 15.8 Å². The van der Waals surface area contributed by atoms with Gasteiger partial charge in [-0.15, -0.1) is 0 Å². The van der Waals surface area contributed by atoms with Crippen LogP contribution in [0.3, 0.4) is 0 Å². The van der Waals surface area contributed by atoms with Crippen LogP contribution in [-0.2, 0) is 22.7 Å². The van der Waals surface area contributed by atoms with Gasteiger partial charge in [0.05, 0.1) is 11.4 Å². The van der Waals surface area contributed by atoms with Crippen molar-refractivity contribution in [1.29, 1.82) is 0 Å². The highest BCUT2D eigenvalue weighted by Gasteiger charge is 2.35. The Kier molecular flexibility index (Phi) is 6.80. The molecular weight excluding hydrogens is 427 g/mol. The number of aliphatic hydroxyl groups is 2. The second-order valence-corrected chi connectivity index (χ2v) is 8.71. The Balaban J connectivity index is 1.24. The molecule has 2 aliphatic rings. The van der Waals surface area contributed by atoms with Gasteiger partial charge in [0.1, 0.15) is 5.82 Å². The number of nitrogens with zero attached hydrogens (tertiary/aromatic N) is 2. The molecule has 0 radical (unpaired) electrons. The fourth-order valence-corrected chi connectivity index (χ4v) is 4.53. The van der Waals surface area contributed by atoms with Crippen LogP contribution in [0.2, 0.25) is 0 Å². The van der Waals surface area contributed by atoms with E-state index in [1.54, 1.807) is 12.1 Å². The molecule has 2 aromatic carbocycles. The first kappa shape index (κ1) is 23.0. The van der Waals surface area contributed by atoms with Crippen molar-refractivity contribution in [3.63, 3.8) is 0 Å². The molecule has 1 saturated heterocycles. The summed E-state index contributed by atoms with van der Waals surface area (Å²) in [4.78, 5) is 28.3. The second kappa shape index (κ2) is 9.76. The number of anilines is 2. The highest BCUT2D eigenvalue weighted by Crippen LogP contribution is 2.30. The lowest BCUT2D eigenvalue weighted by Gasteiger charge is -2.34. The number of aliphatic hydroxyl groups excluding tert-OH is 2. The summed E-state index contributed by atoms with van der Waals surface area (Å²) < 4.78 is 14.1. The molecule has 2 heterocycles. The highest BCUT2D eigenvalue weighted by atomic mass is 19.1. The van der Waals surface area contributed by atoms with Crippen LogP contribution >= 0.6 is 0 Å². The number of nitrogen functional groups attached to an aromatic ring is 1. The molecule has 2 amide bonds. The van der Waals surface area contributed by atoms with Gasteiger partial charge < -0.3 is 31.1 Å². The van der Waals surface area contributed by atoms with Gasteiger partial charge in [-0.3, -0.25) is 9.59 Å². The van der Waals surface area contributed by atoms with Gasteiger partial charge in [-0.05, 0) is 42.0 Å². The van der Waals surface area contributed by atoms with E-state index in [1.807, 2.05) is 29.2 Å². The summed E-state index contributed by atoms with van der Waals surface area (Å²) in [5.41, 5.74) is 8.69. The first-order valence-electron chi connectivity index (χ1n) is 11.1. The van der Waals surface area contributed by atoms with Crippen molar-refractivity contribution in [2.75, 3.05) is 30.3 Å². The van der Waals surface area contributed by atoms with E-state index in [0.29, 0.717) is 56.9 Å². The van der Waals surface area contributed by atoms with Crippen LogP contribution in [0.5, 0.6) is 0 Å². The smallest absolute Gasteiger partial charge is 0.255 e. The van der Waals surface area contributed by atoms with E-state index >= 15 is 0 Å². The summed E-state index contributed by atoms with van der Waals surface area (Å²) in [5.74, 6) is -1.69. The number of piperidine rings is 1. The molecule has 0 unspecified atom stereocenters. The number of carbonyl (C=O) groups is 2. The molecule has 0 spiro atoms. The van der Waals surface area contributed by atoms with E-state index < -0.39 is 24.0 Å². The highest BCUT2D eigenvalue weighted by molar-refractivity contribution is 5.91. The van der Waals surface area contributed by atoms with E-state index in [1.165, 1.54) is 11.0 Å². The van der Waals surface area contributed by atoms with Crippen molar-refractivity contribution >= 4 is 23.2 Å². The number of hydrogen-bond donors (Lipinski definition) is 4. The Hall–Kier alpha value is -3.17. The van der Waals surface area contributed by atoms with Gasteiger partial charge in [0, 0.05) is 32.7 Å². The average Bonchev–Trinajstić information content (AvgIpc) is 3.26. The SMILES string of the molecule is Nc1cccc(F)c1N1CCC(CNC(=O)[C@H](O)[C@@H](O)C(=O)N2Cc3ccccc3C2)CC1. The predicted molar refractivity (Wildman–Crippen MR) is 121 cm³/mol. The third kappa shape index (κ3) is 4.94. The molecule has 2 aromatic rings. The van der Waals surface area contributed by atoms with Gasteiger partial charge in [-0.2, -0.15) is 0 Å². The van der Waals surface area contributed by atoms with E-state index in [0.717, 1.165) is 11.1 Å². The van der Waals surface area contributed by atoms with E-state index in [9.17, 15) is 24.2 Å². The summed E-state index contributed by atoms with van der Waals surface area (Å²) >= 11 is 0. The van der Waals surface area contributed by atoms with Crippen LogP contribution in [0.25, 0.3) is 0 Å². The lowest BCUT2D eigenvalue weighted by molar-refractivity contribution is -0.153. The zero-order chi connectivity index (χ0) is 23.5. The maximum Gasteiger partial charge on any atom is 0.255 e. The number of hydrogen-bond acceptors (Lipinski definition) is 6. The number of fused-ring (bicyclic) bond motifs is 1. The number of halogens is 1. The van der Waals surface area contributed by atoms with Crippen LogP contribution in [0, 0.1) is 11.7 Å². The first-order valence-corrected chi connectivity index (χ1v) is 11.1. The lowest BCUT2D eigenvalue weighted by atomic mass is 9.96. The molecule has 0 saturated carbocycles. The molecule has 0 bridgehead atoms. The third-order valence-electron chi connectivity index (χ3n) is 6.49. The molecule has 8 nitrogen and oxygen atoms in total. The van der Waals surface area contributed by atoms with Crippen molar-refractivity contribution in [1.82, 2.24) is 10.2 Å². The van der Waals surface area contributed by atoms with Gasteiger partial charge >= 0.3 is 0 Å². The normalized spacial score (nSPS) is 18.0. The predicted octanol–water partition coefficient (Wildman–Crippen LogP) is 1.00. The topological polar surface area (TPSA) is 119 Å².